The molecule has 1 amide bonds. The summed E-state index contributed by atoms with van der Waals surface area (Å²) in [5, 5.41) is 2.84. The second-order valence-electron chi connectivity index (χ2n) is 7.53. The van der Waals surface area contributed by atoms with Gasteiger partial charge in [-0.3, -0.25) is 4.79 Å². The van der Waals surface area contributed by atoms with E-state index < -0.39 is 10.0 Å². The summed E-state index contributed by atoms with van der Waals surface area (Å²) in [6.45, 7) is 5.17. The van der Waals surface area contributed by atoms with Crippen LogP contribution in [0.15, 0.2) is 53.4 Å². The van der Waals surface area contributed by atoms with Crippen LogP contribution in [-0.2, 0) is 21.2 Å². The summed E-state index contributed by atoms with van der Waals surface area (Å²) in [6, 6.07) is 14.1. The molecule has 6 nitrogen and oxygen atoms in total. The van der Waals surface area contributed by atoms with Gasteiger partial charge in [0, 0.05) is 25.2 Å². The molecule has 0 aromatic heterocycles. The summed E-state index contributed by atoms with van der Waals surface area (Å²) < 4.78 is 32.7. The largest absolute Gasteiger partial charge is 0.497 e. The highest BCUT2D eigenvalue weighted by Gasteiger charge is 2.23. The number of amides is 1. The molecule has 0 aliphatic carbocycles. The Morgan fingerprint density at radius 2 is 1.52 bits per heavy atom. The first-order valence-electron chi connectivity index (χ1n) is 10.9. The van der Waals surface area contributed by atoms with Crippen LogP contribution in [0.3, 0.4) is 0 Å². The first-order valence-corrected chi connectivity index (χ1v) is 12.4. The van der Waals surface area contributed by atoms with E-state index in [0.29, 0.717) is 31.6 Å². The fourth-order valence-corrected chi connectivity index (χ4v) is 4.67. The van der Waals surface area contributed by atoms with Crippen molar-refractivity contribution in [3.8, 4) is 5.75 Å². The minimum absolute atomic E-state index is 0.112. The summed E-state index contributed by atoms with van der Waals surface area (Å²) in [4.78, 5) is 12.5. The minimum Gasteiger partial charge on any atom is -0.497 e. The molecule has 2 aromatic rings. The van der Waals surface area contributed by atoms with Gasteiger partial charge >= 0.3 is 0 Å². The molecule has 0 saturated heterocycles. The van der Waals surface area contributed by atoms with Crippen molar-refractivity contribution in [2.75, 3.05) is 25.5 Å². The van der Waals surface area contributed by atoms with E-state index in [1.165, 1.54) is 0 Å². The number of anilines is 1. The number of methoxy groups -OCH3 is 1. The van der Waals surface area contributed by atoms with Crippen LogP contribution in [-0.4, -0.2) is 38.8 Å². The lowest BCUT2D eigenvalue weighted by Crippen LogP contribution is -2.33. The van der Waals surface area contributed by atoms with Crippen LogP contribution in [0, 0.1) is 0 Å². The molecule has 0 aliphatic rings. The Morgan fingerprint density at radius 3 is 2.03 bits per heavy atom. The van der Waals surface area contributed by atoms with Crippen LogP contribution >= 0.6 is 0 Å². The van der Waals surface area contributed by atoms with Crippen LogP contribution in [0.5, 0.6) is 5.75 Å². The molecule has 0 bridgehead atoms. The average Bonchev–Trinajstić information content (AvgIpc) is 2.78. The third-order valence-electron chi connectivity index (χ3n) is 5.10. The molecule has 0 aliphatic heterocycles. The Balaban J connectivity index is 1.96. The van der Waals surface area contributed by atoms with Crippen molar-refractivity contribution in [2.24, 2.45) is 0 Å². The fourth-order valence-electron chi connectivity index (χ4n) is 3.15. The Bertz CT molecular complexity index is 902. The van der Waals surface area contributed by atoms with Crippen LogP contribution in [0.4, 0.5) is 5.69 Å². The van der Waals surface area contributed by atoms with Gasteiger partial charge in [0.1, 0.15) is 5.75 Å². The number of benzene rings is 2. The number of aryl methyl sites for hydroxylation is 1. The van der Waals surface area contributed by atoms with Crippen molar-refractivity contribution in [1.29, 1.82) is 0 Å². The lowest BCUT2D eigenvalue weighted by atomic mass is 10.1. The molecule has 0 saturated carbocycles. The molecule has 31 heavy (non-hydrogen) atoms. The maximum Gasteiger partial charge on any atom is 0.243 e. The second kappa shape index (κ2) is 12.5. The number of ether oxygens (including phenoxy) is 1. The molecule has 0 fully saturated rings. The SMILES string of the molecule is CCCCN(CCCC)S(=O)(=O)c1ccc(NC(=O)CCc2ccc(OC)cc2)cc1. The Hall–Kier alpha value is -2.38. The number of unbranched alkanes of at least 4 members (excludes halogenated alkanes) is 2. The third-order valence-corrected chi connectivity index (χ3v) is 7.01. The number of carbonyl (C=O) groups excluding carboxylic acids is 1. The van der Waals surface area contributed by atoms with Gasteiger partial charge in [-0.25, -0.2) is 8.42 Å². The van der Waals surface area contributed by atoms with E-state index in [9.17, 15) is 13.2 Å². The smallest absolute Gasteiger partial charge is 0.243 e. The number of nitrogens with one attached hydrogen (secondary N) is 1. The summed E-state index contributed by atoms with van der Waals surface area (Å²) in [7, 11) is -1.91. The fraction of sp³-hybridized carbons (Fsp3) is 0.458. The van der Waals surface area contributed by atoms with Crippen molar-refractivity contribution < 1.29 is 17.9 Å². The Kier molecular flexibility index (Phi) is 10.0. The van der Waals surface area contributed by atoms with E-state index in [0.717, 1.165) is 37.0 Å². The number of hydrogen-bond donors (Lipinski definition) is 1. The van der Waals surface area contributed by atoms with E-state index in [1.54, 1.807) is 35.7 Å². The quantitative estimate of drug-likeness (QED) is 0.477. The van der Waals surface area contributed by atoms with E-state index in [-0.39, 0.29) is 10.8 Å². The predicted molar refractivity (Wildman–Crippen MR) is 125 cm³/mol. The minimum atomic E-state index is -3.53. The zero-order valence-electron chi connectivity index (χ0n) is 18.8. The zero-order chi connectivity index (χ0) is 22.7. The molecule has 2 aromatic carbocycles. The van der Waals surface area contributed by atoms with Gasteiger partial charge in [0.05, 0.1) is 12.0 Å². The van der Waals surface area contributed by atoms with E-state index >= 15 is 0 Å². The highest BCUT2D eigenvalue weighted by atomic mass is 32.2. The number of hydrogen-bond acceptors (Lipinski definition) is 4. The van der Waals surface area contributed by atoms with Crippen molar-refractivity contribution in [3.63, 3.8) is 0 Å². The van der Waals surface area contributed by atoms with Crippen molar-refractivity contribution >= 4 is 21.6 Å². The summed E-state index contributed by atoms with van der Waals surface area (Å²) in [5.41, 5.74) is 1.64. The van der Waals surface area contributed by atoms with Gasteiger partial charge in [-0.2, -0.15) is 4.31 Å². The maximum atomic E-state index is 13.0. The van der Waals surface area contributed by atoms with Gasteiger partial charge in [0.2, 0.25) is 15.9 Å². The molecule has 170 valence electrons. The monoisotopic (exact) mass is 446 g/mol. The molecule has 0 heterocycles. The van der Waals surface area contributed by atoms with Crippen LogP contribution in [0.2, 0.25) is 0 Å². The molecule has 2 rings (SSSR count). The van der Waals surface area contributed by atoms with Gasteiger partial charge in [-0.15, -0.1) is 0 Å². The lowest BCUT2D eigenvalue weighted by Gasteiger charge is -2.22. The van der Waals surface area contributed by atoms with Crippen LogP contribution in [0.1, 0.15) is 51.5 Å². The zero-order valence-corrected chi connectivity index (χ0v) is 19.6. The molecule has 0 unspecified atom stereocenters. The summed E-state index contributed by atoms with van der Waals surface area (Å²) >= 11 is 0. The topological polar surface area (TPSA) is 75.7 Å². The summed E-state index contributed by atoms with van der Waals surface area (Å²) in [5.74, 6) is 0.671. The molecule has 0 spiro atoms. The van der Waals surface area contributed by atoms with Crippen molar-refractivity contribution in [1.82, 2.24) is 4.31 Å². The molecule has 7 heteroatoms. The highest BCUT2D eigenvalue weighted by molar-refractivity contribution is 7.89. The van der Waals surface area contributed by atoms with Crippen molar-refractivity contribution in [2.45, 2.75) is 57.3 Å². The molecule has 1 N–H and O–H groups in total. The number of sulfonamides is 1. The van der Waals surface area contributed by atoms with E-state index in [2.05, 4.69) is 19.2 Å². The normalized spacial score (nSPS) is 11.5. The molecular weight excluding hydrogens is 412 g/mol. The van der Waals surface area contributed by atoms with Gasteiger partial charge in [0.25, 0.3) is 0 Å². The van der Waals surface area contributed by atoms with Gasteiger partial charge in [0.15, 0.2) is 0 Å². The first kappa shape index (κ1) is 24.9. The molecule has 0 atom stereocenters. The molecular formula is C24H34N2O4S. The Morgan fingerprint density at radius 1 is 0.935 bits per heavy atom. The lowest BCUT2D eigenvalue weighted by molar-refractivity contribution is -0.116. The average molecular weight is 447 g/mol. The predicted octanol–water partition coefficient (Wildman–Crippen LogP) is 4.86. The van der Waals surface area contributed by atoms with E-state index in [1.807, 2.05) is 24.3 Å². The second-order valence-corrected chi connectivity index (χ2v) is 9.47. The number of rotatable bonds is 13. The Labute approximate surface area is 186 Å². The standard InChI is InChI=1S/C24H34N2O4S/c1-4-6-18-26(19-7-5-2)31(28,29)23-15-11-21(12-16-23)25-24(27)17-10-20-8-13-22(30-3)14-9-20/h8-9,11-16H,4-7,10,17-19H2,1-3H3,(H,25,27). The number of carbonyl (C=O) groups is 1. The maximum absolute atomic E-state index is 13.0. The van der Waals surface area contributed by atoms with Crippen LogP contribution in [0.25, 0.3) is 0 Å². The first-order chi connectivity index (χ1) is 14.9. The van der Waals surface area contributed by atoms with Gasteiger partial charge in [-0.1, -0.05) is 38.8 Å². The van der Waals surface area contributed by atoms with Crippen LogP contribution < -0.4 is 10.1 Å². The summed E-state index contributed by atoms with van der Waals surface area (Å²) in [6.07, 6.45) is 4.52. The van der Waals surface area contributed by atoms with Crippen molar-refractivity contribution in [3.05, 3.63) is 54.1 Å². The van der Waals surface area contributed by atoms with Gasteiger partial charge < -0.3 is 10.1 Å². The highest BCUT2D eigenvalue weighted by Crippen LogP contribution is 2.20. The third kappa shape index (κ3) is 7.67. The number of nitrogens with zero attached hydrogens (tertiary/aromatic N) is 1. The molecule has 0 radical (unpaired) electrons. The van der Waals surface area contributed by atoms with E-state index in [4.69, 9.17) is 4.74 Å². The van der Waals surface area contributed by atoms with Gasteiger partial charge in [-0.05, 0) is 61.2 Å².